The predicted molar refractivity (Wildman–Crippen MR) is 130 cm³/mol. The third-order valence-corrected chi connectivity index (χ3v) is 6.38. The molecule has 0 unspecified atom stereocenters. The third kappa shape index (κ3) is 4.77. The van der Waals surface area contributed by atoms with Gasteiger partial charge in [-0.05, 0) is 47.7 Å². The minimum absolute atomic E-state index is 0.0230. The van der Waals surface area contributed by atoms with Gasteiger partial charge in [0.1, 0.15) is 5.56 Å². The number of pyridine rings is 1. The molecule has 182 valence electrons. The summed E-state index contributed by atoms with van der Waals surface area (Å²) in [6, 6.07) is 11.8. The smallest absolute Gasteiger partial charge is 0.341 e. The van der Waals surface area contributed by atoms with Crippen molar-refractivity contribution in [1.82, 2.24) is 4.57 Å². The molecule has 0 radical (unpaired) electrons. The lowest BCUT2D eigenvalue weighted by Crippen LogP contribution is -2.28. The summed E-state index contributed by atoms with van der Waals surface area (Å²) in [5.41, 5.74) is 2.87. The summed E-state index contributed by atoms with van der Waals surface area (Å²) in [6.07, 6.45) is 2.68. The molecule has 2 heterocycles. The van der Waals surface area contributed by atoms with Crippen LogP contribution < -0.4 is 14.9 Å². The Morgan fingerprint density at radius 1 is 1.06 bits per heavy atom. The molecule has 8 heteroatoms. The number of rotatable bonds is 8. The molecule has 8 nitrogen and oxygen atoms in total. The number of benzene rings is 2. The Hall–Kier alpha value is -4.07. The van der Waals surface area contributed by atoms with E-state index in [4.69, 9.17) is 14.6 Å². The number of hydrogen-bond acceptors (Lipinski definition) is 5. The van der Waals surface area contributed by atoms with Crippen molar-refractivity contribution in [3.8, 4) is 22.8 Å². The highest BCUT2D eigenvalue weighted by Gasteiger charge is 2.29. The van der Waals surface area contributed by atoms with Crippen LogP contribution in [0.25, 0.3) is 11.3 Å². The fourth-order valence-electron chi connectivity index (χ4n) is 4.46. The number of fused-ring (bicyclic) bond motifs is 3. The monoisotopic (exact) mass is 477 g/mol. The van der Waals surface area contributed by atoms with E-state index >= 15 is 0 Å². The van der Waals surface area contributed by atoms with E-state index in [1.54, 1.807) is 31.4 Å². The minimum Gasteiger partial charge on any atom is -0.493 e. The zero-order valence-corrected chi connectivity index (χ0v) is 19.8. The molecule has 2 N–H and O–H groups in total. The molecule has 0 saturated carbocycles. The molecule has 0 fully saturated rings. The Morgan fingerprint density at radius 3 is 2.37 bits per heavy atom. The van der Waals surface area contributed by atoms with E-state index in [1.807, 2.05) is 16.7 Å². The van der Waals surface area contributed by atoms with E-state index in [0.717, 1.165) is 16.7 Å². The number of carbonyl (C=O) groups is 2. The van der Waals surface area contributed by atoms with Crippen molar-refractivity contribution < 1.29 is 29.3 Å². The second-order valence-electron chi connectivity index (χ2n) is 8.93. The highest BCUT2D eigenvalue weighted by atomic mass is 16.5. The zero-order chi connectivity index (χ0) is 25.3. The van der Waals surface area contributed by atoms with Crippen molar-refractivity contribution in [3.05, 3.63) is 81.1 Å². The maximum absolute atomic E-state index is 12.5. The first-order valence-corrected chi connectivity index (χ1v) is 11.4. The van der Waals surface area contributed by atoms with Gasteiger partial charge in [0, 0.05) is 30.3 Å². The number of aromatic carboxylic acids is 2. The summed E-state index contributed by atoms with van der Waals surface area (Å²) < 4.78 is 13.5. The number of hydrogen-bond donors (Lipinski definition) is 2. The van der Waals surface area contributed by atoms with Gasteiger partial charge in [-0.25, -0.2) is 9.59 Å². The molecule has 0 saturated heterocycles. The first-order valence-electron chi connectivity index (χ1n) is 11.4. The van der Waals surface area contributed by atoms with Gasteiger partial charge in [-0.15, -0.1) is 0 Å². The maximum atomic E-state index is 12.5. The molecular formula is C27H27NO7. The quantitative estimate of drug-likeness (QED) is 0.497. The Balaban J connectivity index is 1.65. The maximum Gasteiger partial charge on any atom is 0.341 e. The summed E-state index contributed by atoms with van der Waals surface area (Å²) in [4.78, 5) is 35.1. The normalized spacial score (nSPS) is 14.2. The Labute approximate surface area is 202 Å². The van der Waals surface area contributed by atoms with Crippen LogP contribution in [0.1, 0.15) is 51.7 Å². The highest BCUT2D eigenvalue weighted by Crippen LogP contribution is 2.42. The Bertz CT molecular complexity index is 1340. The number of carboxylic acid groups (broad SMARTS) is 2. The molecular weight excluding hydrogens is 450 g/mol. The van der Waals surface area contributed by atoms with Gasteiger partial charge in [0.15, 0.2) is 16.9 Å². The predicted octanol–water partition coefficient (Wildman–Crippen LogP) is 4.30. The lowest BCUT2D eigenvalue weighted by molar-refractivity contribution is 0.0684. The number of ether oxygens (including phenoxy) is 2. The standard InChI is InChI=1S/C27H27NO7/c1-15(2)21-10-18-11-25(35-9-8-16-4-6-17(7-5-16)26(30)31)24(34-3)12-19(18)22-13-23(29)20(27(32)33)14-28(21)22/h4-7,11-15,21H,8-10H2,1-3H3,(H,30,31)(H,32,33)/t21-/m0/s1. The minimum atomic E-state index is -1.24. The van der Waals surface area contributed by atoms with E-state index in [0.29, 0.717) is 36.6 Å². The van der Waals surface area contributed by atoms with Gasteiger partial charge in [0.05, 0.1) is 25.0 Å². The summed E-state index contributed by atoms with van der Waals surface area (Å²) in [5.74, 6) is -0.915. The summed E-state index contributed by atoms with van der Waals surface area (Å²) in [7, 11) is 1.54. The van der Waals surface area contributed by atoms with Crippen LogP contribution in [0.4, 0.5) is 0 Å². The lowest BCUT2D eigenvalue weighted by Gasteiger charge is -2.33. The SMILES string of the molecule is COc1cc2c(cc1OCCc1ccc(C(=O)O)cc1)C[C@@H](C(C)C)n1cc(C(=O)O)c(=O)cc1-2. The number of aromatic nitrogens is 1. The third-order valence-electron chi connectivity index (χ3n) is 6.38. The van der Waals surface area contributed by atoms with E-state index < -0.39 is 17.4 Å². The van der Waals surface area contributed by atoms with E-state index in [9.17, 15) is 19.5 Å². The molecule has 0 spiro atoms. The van der Waals surface area contributed by atoms with Crippen LogP contribution in [-0.2, 0) is 12.8 Å². The van der Waals surface area contributed by atoms with E-state index in [1.165, 1.54) is 12.3 Å². The van der Waals surface area contributed by atoms with Crippen LogP contribution in [0.5, 0.6) is 11.5 Å². The topological polar surface area (TPSA) is 115 Å². The molecule has 1 aliphatic rings. The van der Waals surface area contributed by atoms with E-state index in [2.05, 4.69) is 13.8 Å². The van der Waals surface area contributed by atoms with Crippen molar-refractivity contribution in [2.24, 2.45) is 5.92 Å². The first kappa shape index (κ1) is 24.1. The van der Waals surface area contributed by atoms with Crippen molar-refractivity contribution in [2.75, 3.05) is 13.7 Å². The average Bonchev–Trinajstić information content (AvgIpc) is 2.82. The molecule has 35 heavy (non-hydrogen) atoms. The second-order valence-corrected chi connectivity index (χ2v) is 8.93. The fraction of sp³-hybridized carbons (Fsp3) is 0.296. The molecule has 3 aromatic rings. The van der Waals surface area contributed by atoms with Gasteiger partial charge in [0.2, 0.25) is 0 Å². The summed E-state index contributed by atoms with van der Waals surface area (Å²) in [6.45, 7) is 4.50. The van der Waals surface area contributed by atoms with Gasteiger partial charge < -0.3 is 24.3 Å². The summed E-state index contributed by atoms with van der Waals surface area (Å²) >= 11 is 0. The molecule has 1 aromatic heterocycles. The second kappa shape index (κ2) is 9.66. The van der Waals surface area contributed by atoms with Crippen LogP contribution in [-0.4, -0.2) is 40.4 Å². The molecule has 0 bridgehead atoms. The van der Waals surface area contributed by atoms with Gasteiger partial charge in [-0.3, -0.25) is 4.79 Å². The van der Waals surface area contributed by atoms with Crippen molar-refractivity contribution >= 4 is 11.9 Å². The van der Waals surface area contributed by atoms with Crippen LogP contribution in [0, 0.1) is 5.92 Å². The van der Waals surface area contributed by atoms with Gasteiger partial charge in [-0.1, -0.05) is 26.0 Å². The van der Waals surface area contributed by atoms with Crippen LogP contribution in [0.2, 0.25) is 0 Å². The van der Waals surface area contributed by atoms with Crippen LogP contribution in [0.3, 0.4) is 0 Å². The Kier molecular flexibility index (Phi) is 6.64. The molecule has 1 atom stereocenters. The molecule has 0 aliphatic carbocycles. The number of carboxylic acids is 2. The lowest BCUT2D eigenvalue weighted by atomic mass is 9.87. The average molecular weight is 478 g/mol. The largest absolute Gasteiger partial charge is 0.493 e. The molecule has 2 aromatic carbocycles. The highest BCUT2D eigenvalue weighted by molar-refractivity contribution is 5.88. The number of methoxy groups -OCH3 is 1. The molecule has 1 aliphatic heterocycles. The zero-order valence-electron chi connectivity index (χ0n) is 19.8. The van der Waals surface area contributed by atoms with Crippen LogP contribution >= 0.6 is 0 Å². The molecule has 0 amide bonds. The number of nitrogens with zero attached hydrogens (tertiary/aromatic N) is 1. The van der Waals surface area contributed by atoms with Crippen molar-refractivity contribution in [2.45, 2.75) is 32.7 Å². The molecule has 4 rings (SSSR count). The van der Waals surface area contributed by atoms with Crippen molar-refractivity contribution in [1.29, 1.82) is 0 Å². The fourth-order valence-corrected chi connectivity index (χ4v) is 4.46. The van der Waals surface area contributed by atoms with Gasteiger partial charge in [0.25, 0.3) is 0 Å². The first-order chi connectivity index (χ1) is 16.7. The van der Waals surface area contributed by atoms with Crippen LogP contribution in [0.15, 0.2) is 53.5 Å². The summed E-state index contributed by atoms with van der Waals surface area (Å²) in [5, 5.41) is 18.5. The van der Waals surface area contributed by atoms with Gasteiger partial charge in [-0.2, -0.15) is 0 Å². The van der Waals surface area contributed by atoms with Gasteiger partial charge >= 0.3 is 11.9 Å². The van der Waals surface area contributed by atoms with E-state index in [-0.39, 0.29) is 23.1 Å². The van der Waals surface area contributed by atoms with Crippen molar-refractivity contribution in [3.63, 3.8) is 0 Å². The Morgan fingerprint density at radius 2 is 1.77 bits per heavy atom.